The zero-order valence-electron chi connectivity index (χ0n) is 14.3. The predicted octanol–water partition coefficient (Wildman–Crippen LogP) is 5.70. The van der Waals surface area contributed by atoms with Crippen LogP contribution in [-0.4, -0.2) is 10.8 Å². The minimum atomic E-state index is -0.0870. The summed E-state index contributed by atoms with van der Waals surface area (Å²) >= 11 is 0. The van der Waals surface area contributed by atoms with Crippen molar-refractivity contribution in [3.8, 4) is 11.1 Å². The SMILES string of the molecule is Cc1nc2ccccc2c(-c2ccccc2)c1C(=O)/C=C\c1ccco1. The first kappa shape index (κ1) is 16.0. The number of hydrogen-bond donors (Lipinski definition) is 0. The summed E-state index contributed by atoms with van der Waals surface area (Å²) in [6.45, 7) is 1.88. The van der Waals surface area contributed by atoms with E-state index in [1.54, 1.807) is 24.5 Å². The molecule has 126 valence electrons. The van der Waals surface area contributed by atoms with Crippen LogP contribution in [0.1, 0.15) is 21.8 Å². The number of fused-ring (bicyclic) bond motifs is 1. The molecule has 3 nitrogen and oxygen atoms in total. The molecule has 0 fully saturated rings. The van der Waals surface area contributed by atoms with Crippen LogP contribution in [0.15, 0.2) is 83.5 Å². The summed E-state index contributed by atoms with van der Waals surface area (Å²) < 4.78 is 5.28. The Bertz CT molecular complexity index is 1090. The quantitative estimate of drug-likeness (QED) is 0.354. The summed E-state index contributed by atoms with van der Waals surface area (Å²) in [4.78, 5) is 17.7. The third kappa shape index (κ3) is 2.95. The number of allylic oxidation sites excluding steroid dienone is 1. The molecule has 0 saturated carbocycles. The number of benzene rings is 2. The van der Waals surface area contributed by atoms with Crippen molar-refractivity contribution in [2.75, 3.05) is 0 Å². The molecule has 2 aromatic carbocycles. The third-order valence-corrected chi connectivity index (χ3v) is 4.32. The van der Waals surface area contributed by atoms with Gasteiger partial charge in [-0.2, -0.15) is 0 Å². The van der Waals surface area contributed by atoms with Crippen LogP contribution in [0.5, 0.6) is 0 Å². The first-order chi connectivity index (χ1) is 12.7. The topological polar surface area (TPSA) is 43.1 Å². The first-order valence-corrected chi connectivity index (χ1v) is 8.45. The van der Waals surface area contributed by atoms with Crippen molar-refractivity contribution >= 4 is 22.8 Å². The predicted molar refractivity (Wildman–Crippen MR) is 104 cm³/mol. The van der Waals surface area contributed by atoms with Crippen molar-refractivity contribution < 1.29 is 9.21 Å². The molecule has 0 aliphatic heterocycles. The number of aryl methyl sites for hydroxylation is 1. The van der Waals surface area contributed by atoms with Gasteiger partial charge in [0.1, 0.15) is 5.76 Å². The van der Waals surface area contributed by atoms with Gasteiger partial charge in [-0.1, -0.05) is 48.5 Å². The average Bonchev–Trinajstić information content (AvgIpc) is 3.19. The second-order valence-corrected chi connectivity index (χ2v) is 6.04. The molecule has 26 heavy (non-hydrogen) atoms. The summed E-state index contributed by atoms with van der Waals surface area (Å²) in [5, 5.41) is 0.971. The summed E-state index contributed by atoms with van der Waals surface area (Å²) in [6, 6.07) is 21.5. The van der Waals surface area contributed by atoms with Crippen LogP contribution < -0.4 is 0 Å². The van der Waals surface area contributed by atoms with Crippen LogP contribution >= 0.6 is 0 Å². The summed E-state index contributed by atoms with van der Waals surface area (Å²) in [5.41, 5.74) is 4.15. The van der Waals surface area contributed by atoms with Crippen LogP contribution in [-0.2, 0) is 0 Å². The highest BCUT2D eigenvalue weighted by molar-refractivity contribution is 6.15. The molecule has 4 aromatic rings. The lowest BCUT2D eigenvalue weighted by atomic mass is 9.92. The fraction of sp³-hybridized carbons (Fsp3) is 0.0435. The molecule has 0 aliphatic carbocycles. The van der Waals surface area contributed by atoms with Crippen LogP contribution in [0, 0.1) is 6.92 Å². The second-order valence-electron chi connectivity index (χ2n) is 6.04. The number of nitrogens with zero attached hydrogens (tertiary/aromatic N) is 1. The molecule has 0 saturated heterocycles. The van der Waals surface area contributed by atoms with Crippen molar-refractivity contribution in [2.45, 2.75) is 6.92 Å². The fourth-order valence-corrected chi connectivity index (χ4v) is 3.17. The van der Waals surface area contributed by atoms with Gasteiger partial charge >= 0.3 is 0 Å². The number of furan rings is 1. The first-order valence-electron chi connectivity index (χ1n) is 8.45. The van der Waals surface area contributed by atoms with Crippen LogP contribution in [0.2, 0.25) is 0 Å². The average molecular weight is 339 g/mol. The van der Waals surface area contributed by atoms with E-state index < -0.39 is 0 Å². The van der Waals surface area contributed by atoms with Gasteiger partial charge in [0.15, 0.2) is 5.78 Å². The number of carbonyl (C=O) groups is 1. The number of hydrogen-bond acceptors (Lipinski definition) is 3. The maximum Gasteiger partial charge on any atom is 0.188 e. The molecule has 0 N–H and O–H groups in total. The standard InChI is InChI=1S/C23H17NO2/c1-16-22(21(25)14-13-18-10-7-15-26-18)23(17-8-3-2-4-9-17)19-11-5-6-12-20(19)24-16/h2-15H,1H3/b14-13-. The molecular formula is C23H17NO2. The van der Waals surface area contributed by atoms with Crippen molar-refractivity contribution in [2.24, 2.45) is 0 Å². The van der Waals surface area contributed by atoms with Gasteiger partial charge in [0.25, 0.3) is 0 Å². The van der Waals surface area contributed by atoms with Gasteiger partial charge in [-0.05, 0) is 42.8 Å². The van der Waals surface area contributed by atoms with Gasteiger partial charge in [-0.15, -0.1) is 0 Å². The van der Waals surface area contributed by atoms with E-state index in [0.29, 0.717) is 11.3 Å². The Hall–Kier alpha value is -3.46. The molecule has 0 aliphatic rings. The Balaban J connectivity index is 1.93. The lowest BCUT2D eigenvalue weighted by molar-refractivity contribution is 0.104. The molecule has 0 bridgehead atoms. The number of ketones is 1. The van der Waals surface area contributed by atoms with E-state index in [-0.39, 0.29) is 5.78 Å². The monoisotopic (exact) mass is 339 g/mol. The van der Waals surface area contributed by atoms with E-state index in [4.69, 9.17) is 4.42 Å². The van der Waals surface area contributed by atoms with Gasteiger partial charge in [0.2, 0.25) is 0 Å². The highest BCUT2D eigenvalue weighted by Crippen LogP contribution is 2.33. The molecule has 0 unspecified atom stereocenters. The molecular weight excluding hydrogens is 322 g/mol. The molecule has 2 heterocycles. The zero-order valence-corrected chi connectivity index (χ0v) is 14.3. The Kier molecular flexibility index (Phi) is 4.20. The number of pyridine rings is 1. The van der Waals surface area contributed by atoms with Crippen molar-refractivity contribution in [3.05, 3.63) is 96.1 Å². The van der Waals surface area contributed by atoms with Gasteiger partial charge < -0.3 is 4.42 Å². The number of aromatic nitrogens is 1. The molecule has 0 spiro atoms. The highest BCUT2D eigenvalue weighted by atomic mass is 16.3. The van der Waals surface area contributed by atoms with Crippen LogP contribution in [0.3, 0.4) is 0 Å². The van der Waals surface area contributed by atoms with Gasteiger partial charge in [-0.25, -0.2) is 0 Å². The number of carbonyl (C=O) groups excluding carboxylic acids is 1. The van der Waals surface area contributed by atoms with Gasteiger partial charge in [0, 0.05) is 16.6 Å². The Morgan fingerprint density at radius 1 is 0.962 bits per heavy atom. The van der Waals surface area contributed by atoms with Crippen LogP contribution in [0.25, 0.3) is 28.1 Å². The summed E-state index contributed by atoms with van der Waals surface area (Å²) in [5.74, 6) is 0.557. The van der Waals surface area contributed by atoms with Crippen molar-refractivity contribution in [1.82, 2.24) is 4.98 Å². The molecule has 0 amide bonds. The third-order valence-electron chi connectivity index (χ3n) is 4.32. The number of rotatable bonds is 4. The van der Waals surface area contributed by atoms with Gasteiger partial charge in [0.05, 0.1) is 17.3 Å². The fourth-order valence-electron chi connectivity index (χ4n) is 3.17. The normalized spacial score (nSPS) is 11.3. The summed E-state index contributed by atoms with van der Waals surface area (Å²) in [6.07, 6.45) is 4.82. The van der Waals surface area contributed by atoms with E-state index in [1.807, 2.05) is 67.6 Å². The van der Waals surface area contributed by atoms with Crippen molar-refractivity contribution in [3.63, 3.8) is 0 Å². The maximum absolute atomic E-state index is 13.0. The smallest absolute Gasteiger partial charge is 0.188 e. The maximum atomic E-state index is 13.0. The molecule has 0 atom stereocenters. The minimum Gasteiger partial charge on any atom is -0.465 e. The highest BCUT2D eigenvalue weighted by Gasteiger charge is 2.18. The molecule has 3 heteroatoms. The minimum absolute atomic E-state index is 0.0870. The van der Waals surface area contributed by atoms with Crippen molar-refractivity contribution in [1.29, 1.82) is 0 Å². The lowest BCUT2D eigenvalue weighted by Gasteiger charge is -2.14. The van der Waals surface area contributed by atoms with Crippen LogP contribution in [0.4, 0.5) is 0 Å². The number of para-hydroxylation sites is 1. The molecule has 0 radical (unpaired) electrons. The second kappa shape index (κ2) is 6.81. The zero-order chi connectivity index (χ0) is 17.9. The van der Waals surface area contributed by atoms with E-state index in [1.165, 1.54) is 0 Å². The Morgan fingerprint density at radius 3 is 2.50 bits per heavy atom. The Labute approximate surface area is 151 Å². The molecule has 4 rings (SSSR count). The van der Waals surface area contributed by atoms with E-state index in [2.05, 4.69) is 4.98 Å². The van der Waals surface area contributed by atoms with E-state index in [0.717, 1.165) is 27.7 Å². The Morgan fingerprint density at radius 2 is 1.73 bits per heavy atom. The largest absolute Gasteiger partial charge is 0.465 e. The van der Waals surface area contributed by atoms with E-state index in [9.17, 15) is 4.79 Å². The lowest BCUT2D eigenvalue weighted by Crippen LogP contribution is -2.05. The summed E-state index contributed by atoms with van der Waals surface area (Å²) in [7, 11) is 0. The van der Waals surface area contributed by atoms with E-state index >= 15 is 0 Å². The molecule has 2 aromatic heterocycles. The van der Waals surface area contributed by atoms with Gasteiger partial charge in [-0.3, -0.25) is 9.78 Å².